The highest BCUT2D eigenvalue weighted by Gasteiger charge is 2.23. The lowest BCUT2D eigenvalue weighted by atomic mass is 10.3. The predicted molar refractivity (Wildman–Crippen MR) is 71.1 cm³/mol. The van der Waals surface area contributed by atoms with Gasteiger partial charge in [0.25, 0.3) is 0 Å². The summed E-state index contributed by atoms with van der Waals surface area (Å²) in [6.45, 7) is 3.44. The molecule has 1 unspecified atom stereocenters. The van der Waals surface area contributed by atoms with Crippen molar-refractivity contribution in [1.29, 1.82) is 5.26 Å². The number of pyridine rings is 1. The average Bonchev–Trinajstić information content (AvgIpc) is 2.85. The summed E-state index contributed by atoms with van der Waals surface area (Å²) in [7, 11) is -3.84. The molecule has 6 nitrogen and oxygen atoms in total. The second-order valence-electron chi connectivity index (χ2n) is 4.25. The highest BCUT2D eigenvalue weighted by molar-refractivity contribution is 7.89. The Labute approximate surface area is 117 Å². The van der Waals surface area contributed by atoms with Crippen molar-refractivity contribution < 1.29 is 12.8 Å². The SMILES string of the molecule is Cc1ccc(C(C)NS(=O)(=O)c2cccnc2C#N)o1. The molecule has 0 saturated heterocycles. The van der Waals surface area contributed by atoms with E-state index in [0.717, 1.165) is 0 Å². The van der Waals surface area contributed by atoms with Crippen LogP contribution in [0.1, 0.15) is 30.2 Å². The molecule has 0 radical (unpaired) electrons. The minimum atomic E-state index is -3.84. The maximum absolute atomic E-state index is 12.3. The molecule has 104 valence electrons. The number of aryl methyl sites for hydroxylation is 1. The number of aromatic nitrogens is 1. The molecule has 0 saturated carbocycles. The van der Waals surface area contributed by atoms with E-state index >= 15 is 0 Å². The molecule has 2 aromatic rings. The molecule has 20 heavy (non-hydrogen) atoms. The lowest BCUT2D eigenvalue weighted by Crippen LogP contribution is -2.27. The molecule has 2 rings (SSSR count). The first kappa shape index (κ1) is 14.2. The summed E-state index contributed by atoms with van der Waals surface area (Å²) in [4.78, 5) is 3.60. The Balaban J connectivity index is 2.30. The molecule has 2 aromatic heterocycles. The molecule has 2 heterocycles. The van der Waals surface area contributed by atoms with Gasteiger partial charge in [0.2, 0.25) is 10.0 Å². The van der Waals surface area contributed by atoms with E-state index in [1.54, 1.807) is 32.0 Å². The molecule has 0 aliphatic heterocycles. The van der Waals surface area contributed by atoms with Gasteiger partial charge >= 0.3 is 0 Å². The van der Waals surface area contributed by atoms with Gasteiger partial charge in [-0.05, 0) is 38.1 Å². The van der Waals surface area contributed by atoms with E-state index < -0.39 is 16.1 Å². The number of sulfonamides is 1. The molecule has 7 heteroatoms. The Bertz CT molecular complexity index is 759. The van der Waals surface area contributed by atoms with Crippen LogP contribution in [0.5, 0.6) is 0 Å². The Morgan fingerprint density at radius 3 is 2.75 bits per heavy atom. The first-order valence-electron chi connectivity index (χ1n) is 5.88. The molecular formula is C13H13N3O3S. The molecule has 0 bridgehead atoms. The van der Waals surface area contributed by atoms with Crippen LogP contribution in [0.25, 0.3) is 0 Å². The van der Waals surface area contributed by atoms with Gasteiger partial charge in [0, 0.05) is 6.20 Å². The number of rotatable bonds is 4. The molecular weight excluding hydrogens is 278 g/mol. The molecule has 0 fully saturated rings. The van der Waals surface area contributed by atoms with Crippen molar-refractivity contribution in [3.63, 3.8) is 0 Å². The maximum atomic E-state index is 12.3. The van der Waals surface area contributed by atoms with Gasteiger partial charge in [-0.1, -0.05) is 0 Å². The zero-order valence-corrected chi connectivity index (χ0v) is 11.8. The van der Waals surface area contributed by atoms with Gasteiger partial charge in [0.15, 0.2) is 5.69 Å². The van der Waals surface area contributed by atoms with E-state index in [0.29, 0.717) is 11.5 Å². The van der Waals surface area contributed by atoms with Crippen molar-refractivity contribution in [2.24, 2.45) is 0 Å². The molecule has 1 N–H and O–H groups in total. The fourth-order valence-corrected chi connectivity index (χ4v) is 3.05. The van der Waals surface area contributed by atoms with E-state index in [1.807, 2.05) is 0 Å². The lowest BCUT2D eigenvalue weighted by molar-refractivity contribution is 0.441. The van der Waals surface area contributed by atoms with Crippen LogP contribution in [0.15, 0.2) is 39.8 Å². The highest BCUT2D eigenvalue weighted by atomic mass is 32.2. The lowest BCUT2D eigenvalue weighted by Gasteiger charge is -2.12. The van der Waals surface area contributed by atoms with Gasteiger partial charge in [-0.2, -0.15) is 5.26 Å². The monoisotopic (exact) mass is 291 g/mol. The fourth-order valence-electron chi connectivity index (χ4n) is 1.73. The largest absolute Gasteiger partial charge is 0.465 e. The molecule has 1 atom stereocenters. The van der Waals surface area contributed by atoms with E-state index in [2.05, 4.69) is 9.71 Å². The molecule has 0 spiro atoms. The van der Waals surface area contributed by atoms with Crippen molar-refractivity contribution in [3.05, 3.63) is 47.7 Å². The van der Waals surface area contributed by atoms with E-state index in [4.69, 9.17) is 9.68 Å². The van der Waals surface area contributed by atoms with Crippen LogP contribution in [-0.2, 0) is 10.0 Å². The predicted octanol–water partition coefficient (Wildman–Crippen LogP) is 1.89. The summed E-state index contributed by atoms with van der Waals surface area (Å²) < 4.78 is 32.4. The van der Waals surface area contributed by atoms with Gasteiger partial charge in [0.05, 0.1) is 6.04 Å². The highest BCUT2D eigenvalue weighted by Crippen LogP contribution is 2.19. The van der Waals surface area contributed by atoms with E-state index in [9.17, 15) is 8.42 Å². The number of nitrogens with one attached hydrogen (secondary N) is 1. The fraction of sp³-hybridized carbons (Fsp3) is 0.231. The number of nitriles is 1. The van der Waals surface area contributed by atoms with Crippen LogP contribution in [0, 0.1) is 18.3 Å². The number of furan rings is 1. The van der Waals surface area contributed by atoms with Crippen molar-refractivity contribution >= 4 is 10.0 Å². The number of hydrogen-bond donors (Lipinski definition) is 1. The quantitative estimate of drug-likeness (QED) is 0.928. The van der Waals surface area contributed by atoms with Crippen molar-refractivity contribution in [2.45, 2.75) is 24.8 Å². The smallest absolute Gasteiger partial charge is 0.244 e. The van der Waals surface area contributed by atoms with Gasteiger partial charge in [0.1, 0.15) is 22.5 Å². The Kier molecular flexibility index (Phi) is 3.88. The van der Waals surface area contributed by atoms with E-state index in [-0.39, 0.29) is 10.6 Å². The second kappa shape index (κ2) is 5.45. The van der Waals surface area contributed by atoms with Crippen molar-refractivity contribution in [2.75, 3.05) is 0 Å². The van der Waals surface area contributed by atoms with Crippen molar-refractivity contribution in [1.82, 2.24) is 9.71 Å². The number of nitrogens with zero attached hydrogens (tertiary/aromatic N) is 2. The zero-order valence-electron chi connectivity index (χ0n) is 11.0. The first-order chi connectivity index (χ1) is 9.44. The Hall–Kier alpha value is -2.17. The van der Waals surface area contributed by atoms with Gasteiger partial charge < -0.3 is 4.42 Å². The summed E-state index contributed by atoms with van der Waals surface area (Å²) in [6.07, 6.45) is 1.37. The zero-order chi connectivity index (χ0) is 14.8. The second-order valence-corrected chi connectivity index (χ2v) is 5.94. The van der Waals surface area contributed by atoms with Crippen LogP contribution in [0.2, 0.25) is 0 Å². The van der Waals surface area contributed by atoms with Crippen LogP contribution in [-0.4, -0.2) is 13.4 Å². The first-order valence-corrected chi connectivity index (χ1v) is 7.36. The van der Waals surface area contributed by atoms with Crippen LogP contribution >= 0.6 is 0 Å². The third-order valence-electron chi connectivity index (χ3n) is 2.69. The normalized spacial score (nSPS) is 12.8. The van der Waals surface area contributed by atoms with E-state index in [1.165, 1.54) is 18.3 Å². The molecule has 0 aliphatic rings. The maximum Gasteiger partial charge on any atom is 0.244 e. The summed E-state index contributed by atoms with van der Waals surface area (Å²) in [6, 6.07) is 7.49. The summed E-state index contributed by atoms with van der Waals surface area (Å²) in [5.74, 6) is 1.21. The molecule has 0 aromatic carbocycles. The number of hydrogen-bond acceptors (Lipinski definition) is 5. The third kappa shape index (κ3) is 2.87. The molecule has 0 amide bonds. The van der Waals surface area contributed by atoms with Gasteiger partial charge in [-0.15, -0.1) is 0 Å². The van der Waals surface area contributed by atoms with Crippen LogP contribution < -0.4 is 4.72 Å². The topological polar surface area (TPSA) is 96.0 Å². The minimum Gasteiger partial charge on any atom is -0.465 e. The van der Waals surface area contributed by atoms with Gasteiger partial charge in [-0.25, -0.2) is 18.1 Å². The summed E-state index contributed by atoms with van der Waals surface area (Å²) in [5, 5.41) is 8.91. The van der Waals surface area contributed by atoms with Crippen LogP contribution in [0.3, 0.4) is 0 Å². The van der Waals surface area contributed by atoms with Crippen LogP contribution in [0.4, 0.5) is 0 Å². The Morgan fingerprint density at radius 2 is 2.15 bits per heavy atom. The molecule has 0 aliphatic carbocycles. The van der Waals surface area contributed by atoms with Crippen molar-refractivity contribution in [3.8, 4) is 6.07 Å². The van der Waals surface area contributed by atoms with Gasteiger partial charge in [-0.3, -0.25) is 0 Å². The standard InChI is InChI=1S/C13H13N3O3S/c1-9-5-6-12(19-9)10(2)16-20(17,18)13-4-3-7-15-11(13)8-14/h3-7,10,16H,1-2H3. The Morgan fingerprint density at radius 1 is 1.40 bits per heavy atom. The summed E-state index contributed by atoms with van der Waals surface area (Å²) in [5.41, 5.74) is -0.136. The third-order valence-corrected chi connectivity index (χ3v) is 4.26. The summed E-state index contributed by atoms with van der Waals surface area (Å²) >= 11 is 0. The minimum absolute atomic E-state index is 0.136. The average molecular weight is 291 g/mol.